The largest absolute Gasteiger partial charge is 0.334 e. The number of piperazine rings is 1. The summed E-state index contributed by atoms with van der Waals surface area (Å²) in [6, 6.07) is 9.01. The van der Waals surface area contributed by atoms with Crippen LogP contribution in [0.4, 0.5) is 4.79 Å². The number of benzene rings is 1. The summed E-state index contributed by atoms with van der Waals surface area (Å²) < 4.78 is 0. The molecule has 0 aliphatic carbocycles. The van der Waals surface area contributed by atoms with Gasteiger partial charge in [-0.05, 0) is 24.3 Å². The van der Waals surface area contributed by atoms with Crippen LogP contribution in [0.15, 0.2) is 30.3 Å². The second-order valence-corrected chi connectivity index (χ2v) is 8.88. The summed E-state index contributed by atoms with van der Waals surface area (Å²) in [6.45, 7) is 9.00. The zero-order valence-corrected chi connectivity index (χ0v) is 20.0. The third kappa shape index (κ3) is 4.60. The number of hydrogen-bond acceptors (Lipinski definition) is 4. The molecule has 1 unspecified atom stereocenters. The predicted octanol–water partition coefficient (Wildman–Crippen LogP) is 2.66. The quantitative estimate of drug-likeness (QED) is 0.703. The fourth-order valence-electron chi connectivity index (χ4n) is 4.87. The maximum atomic E-state index is 13.6. The van der Waals surface area contributed by atoms with Crippen molar-refractivity contribution in [1.82, 2.24) is 25.1 Å². The molecule has 32 heavy (non-hydrogen) atoms. The van der Waals surface area contributed by atoms with E-state index >= 15 is 0 Å². The van der Waals surface area contributed by atoms with Gasteiger partial charge in [0.1, 0.15) is 12.2 Å². The van der Waals surface area contributed by atoms with Crippen molar-refractivity contribution < 1.29 is 14.4 Å². The first-order chi connectivity index (χ1) is 15.3. The van der Waals surface area contributed by atoms with Crippen molar-refractivity contribution in [3.8, 4) is 0 Å². The molecule has 3 rings (SSSR count). The van der Waals surface area contributed by atoms with E-state index in [2.05, 4.69) is 19.2 Å². The van der Waals surface area contributed by atoms with E-state index in [0.29, 0.717) is 13.1 Å². The molecule has 8 heteroatoms. The Morgan fingerprint density at radius 1 is 1.09 bits per heavy atom. The first-order valence-electron chi connectivity index (χ1n) is 11.8. The van der Waals surface area contributed by atoms with E-state index in [4.69, 9.17) is 0 Å². The summed E-state index contributed by atoms with van der Waals surface area (Å²) in [7, 11) is 1.76. The number of nitrogens with zero attached hydrogens (tertiary/aromatic N) is 4. The summed E-state index contributed by atoms with van der Waals surface area (Å²) in [6.07, 6.45) is 1.94. The number of hydrogen-bond donors (Lipinski definition) is 1. The minimum absolute atomic E-state index is 0.00347. The van der Waals surface area contributed by atoms with Crippen LogP contribution in [0.1, 0.15) is 52.5 Å². The molecule has 4 amide bonds. The second kappa shape index (κ2) is 10.3. The van der Waals surface area contributed by atoms with Crippen LogP contribution in [0.2, 0.25) is 0 Å². The van der Waals surface area contributed by atoms with Crippen LogP contribution < -0.4 is 5.32 Å². The molecule has 1 aromatic carbocycles. The molecule has 2 fully saturated rings. The fraction of sp³-hybridized carbons (Fsp3) is 0.625. The summed E-state index contributed by atoms with van der Waals surface area (Å²) in [5.74, 6) is -0.0944. The smallest absolute Gasteiger partial charge is 0.334 e. The molecule has 0 spiro atoms. The van der Waals surface area contributed by atoms with Gasteiger partial charge in [-0.3, -0.25) is 9.59 Å². The highest BCUT2D eigenvalue weighted by atomic mass is 16.2. The van der Waals surface area contributed by atoms with E-state index in [0.717, 1.165) is 24.8 Å². The normalized spacial score (nSPS) is 22.9. The van der Waals surface area contributed by atoms with Crippen molar-refractivity contribution in [2.24, 2.45) is 5.92 Å². The monoisotopic (exact) mass is 443 g/mol. The van der Waals surface area contributed by atoms with Crippen LogP contribution in [-0.4, -0.2) is 76.0 Å². The average Bonchev–Trinajstić information content (AvgIpc) is 2.79. The Morgan fingerprint density at radius 2 is 1.75 bits per heavy atom. The van der Waals surface area contributed by atoms with Crippen LogP contribution in [0.25, 0.3) is 0 Å². The molecule has 8 nitrogen and oxygen atoms in total. The number of rotatable bonds is 7. The van der Waals surface area contributed by atoms with Crippen molar-refractivity contribution >= 4 is 17.8 Å². The minimum Gasteiger partial charge on any atom is -0.334 e. The van der Waals surface area contributed by atoms with Gasteiger partial charge in [0.15, 0.2) is 0 Å². The highest BCUT2D eigenvalue weighted by Gasteiger charge is 2.52. The van der Waals surface area contributed by atoms with Crippen molar-refractivity contribution in [2.45, 2.75) is 71.8 Å². The topological polar surface area (TPSA) is 76.2 Å². The summed E-state index contributed by atoms with van der Waals surface area (Å²) in [4.78, 5) is 43.6. The minimum atomic E-state index is -0.551. The third-order valence-corrected chi connectivity index (χ3v) is 6.88. The highest BCUT2D eigenvalue weighted by Crippen LogP contribution is 2.32. The van der Waals surface area contributed by atoms with Crippen molar-refractivity contribution in [1.29, 1.82) is 0 Å². The Hall–Kier alpha value is -2.61. The van der Waals surface area contributed by atoms with Gasteiger partial charge in [0.05, 0.1) is 13.1 Å². The van der Waals surface area contributed by atoms with Crippen LogP contribution >= 0.6 is 0 Å². The lowest BCUT2D eigenvalue weighted by Gasteiger charge is -2.56. The molecular weight excluding hydrogens is 406 g/mol. The number of amides is 4. The lowest BCUT2D eigenvalue weighted by Crippen LogP contribution is -2.77. The molecule has 1 aromatic rings. The number of likely N-dealkylation sites (N-methyl/N-ethyl adjacent to an activating group) is 1. The van der Waals surface area contributed by atoms with Crippen LogP contribution in [-0.2, 0) is 16.1 Å². The first kappa shape index (κ1) is 24.0. The molecule has 2 saturated heterocycles. The summed E-state index contributed by atoms with van der Waals surface area (Å²) in [5.41, 5.74) is 1.00. The number of fused-ring (bicyclic) bond motifs is 1. The van der Waals surface area contributed by atoms with Crippen molar-refractivity contribution in [3.63, 3.8) is 0 Å². The zero-order valence-electron chi connectivity index (χ0n) is 20.0. The van der Waals surface area contributed by atoms with Gasteiger partial charge in [-0.2, -0.15) is 0 Å². The van der Waals surface area contributed by atoms with Gasteiger partial charge in [0.2, 0.25) is 11.8 Å². The molecule has 2 aliphatic heterocycles. The van der Waals surface area contributed by atoms with E-state index in [9.17, 15) is 14.4 Å². The maximum absolute atomic E-state index is 13.6. The molecule has 0 saturated carbocycles. The number of nitrogens with one attached hydrogen (secondary N) is 1. The van der Waals surface area contributed by atoms with Gasteiger partial charge >= 0.3 is 6.03 Å². The molecule has 0 bridgehead atoms. The third-order valence-electron chi connectivity index (χ3n) is 6.88. The van der Waals surface area contributed by atoms with Crippen molar-refractivity contribution in [2.75, 3.05) is 20.1 Å². The van der Waals surface area contributed by atoms with Gasteiger partial charge in [-0.15, -0.1) is 0 Å². The molecule has 0 radical (unpaired) electrons. The van der Waals surface area contributed by atoms with Gasteiger partial charge in [-0.25, -0.2) is 14.8 Å². The first-order valence-corrected chi connectivity index (χ1v) is 11.8. The fourth-order valence-corrected chi connectivity index (χ4v) is 4.87. The van der Waals surface area contributed by atoms with E-state index in [1.807, 2.05) is 49.1 Å². The molecule has 176 valence electrons. The Labute approximate surface area is 191 Å². The second-order valence-electron chi connectivity index (χ2n) is 8.88. The Morgan fingerprint density at radius 3 is 2.34 bits per heavy atom. The molecule has 2 heterocycles. The SMILES string of the molecule is CCC(C)[C@H]1C(=O)N(C(CC)CC)C[C@H]2N1C(=O)CN(C)N2C(=O)NCc1ccccc1. The van der Waals surface area contributed by atoms with Gasteiger partial charge < -0.3 is 15.1 Å². The van der Waals surface area contributed by atoms with Crippen LogP contribution in [0.5, 0.6) is 0 Å². The maximum Gasteiger partial charge on any atom is 0.334 e. The standard InChI is InChI=1S/C24H37N5O3/c1-6-17(4)22-23(31)27(19(7-2)8-3)15-20-28(22)21(30)16-26(5)29(20)24(32)25-14-18-12-10-9-11-13-18/h9-13,17,19-20,22H,6-8,14-16H2,1-5H3,(H,25,32)/t17?,20-,22-/m0/s1. The van der Waals surface area contributed by atoms with E-state index < -0.39 is 12.2 Å². The molecule has 1 N–H and O–H groups in total. The molecule has 0 aromatic heterocycles. The van der Waals surface area contributed by atoms with Crippen LogP contribution in [0, 0.1) is 5.92 Å². The average molecular weight is 444 g/mol. The Kier molecular flexibility index (Phi) is 7.77. The Balaban J connectivity index is 1.92. The predicted molar refractivity (Wildman–Crippen MR) is 123 cm³/mol. The van der Waals surface area contributed by atoms with E-state index in [-0.39, 0.29) is 36.3 Å². The van der Waals surface area contributed by atoms with E-state index in [1.165, 1.54) is 0 Å². The van der Waals surface area contributed by atoms with E-state index in [1.54, 1.807) is 22.0 Å². The summed E-state index contributed by atoms with van der Waals surface area (Å²) in [5, 5.41) is 6.30. The molecule has 2 aliphatic rings. The zero-order chi connectivity index (χ0) is 23.4. The number of carbonyl (C=O) groups is 3. The number of hydrazine groups is 1. The van der Waals surface area contributed by atoms with Crippen LogP contribution in [0.3, 0.4) is 0 Å². The number of carbonyl (C=O) groups excluding carboxylic acids is 3. The van der Waals surface area contributed by atoms with Gasteiger partial charge in [0.25, 0.3) is 0 Å². The summed E-state index contributed by atoms with van der Waals surface area (Å²) >= 11 is 0. The van der Waals surface area contributed by atoms with Gasteiger partial charge in [0, 0.05) is 19.6 Å². The molecule has 3 atom stereocenters. The lowest BCUT2D eigenvalue weighted by molar-refractivity contribution is -0.192. The molecular formula is C24H37N5O3. The van der Waals surface area contributed by atoms with Crippen molar-refractivity contribution in [3.05, 3.63) is 35.9 Å². The highest BCUT2D eigenvalue weighted by molar-refractivity contribution is 5.91. The Bertz CT molecular complexity index is 813. The number of urea groups is 1. The van der Waals surface area contributed by atoms with Gasteiger partial charge in [-0.1, -0.05) is 64.4 Å². The lowest BCUT2D eigenvalue weighted by atomic mass is 9.91.